The topological polar surface area (TPSA) is 26.0 Å². The fourth-order valence-corrected chi connectivity index (χ4v) is 6.33. The van der Waals surface area contributed by atoms with Crippen LogP contribution in [0.1, 0.15) is 51.0 Å². The first-order valence-corrected chi connectivity index (χ1v) is 8.89. The molecule has 0 unspecified atom stereocenters. The van der Waals surface area contributed by atoms with Crippen molar-refractivity contribution in [3.05, 3.63) is 33.8 Å². The van der Waals surface area contributed by atoms with Gasteiger partial charge in [0.15, 0.2) is 0 Å². The van der Waals surface area contributed by atoms with Gasteiger partial charge in [0.25, 0.3) is 0 Å². The van der Waals surface area contributed by atoms with Gasteiger partial charge in [-0.3, -0.25) is 0 Å². The molecule has 2 N–H and O–H groups in total. The maximum absolute atomic E-state index is 6.44. The minimum Gasteiger partial charge on any atom is -0.327 e. The molecule has 4 saturated carbocycles. The number of benzene rings is 1. The van der Waals surface area contributed by atoms with Gasteiger partial charge in [-0.1, -0.05) is 29.3 Å². The van der Waals surface area contributed by atoms with Crippen LogP contribution < -0.4 is 5.73 Å². The molecule has 4 fully saturated rings. The quantitative estimate of drug-likeness (QED) is 0.797. The Bertz CT molecular complexity index is 567. The molecule has 0 saturated heterocycles. The molecular formula is C18H23Cl2N. The van der Waals surface area contributed by atoms with Gasteiger partial charge in [-0.15, -0.1) is 0 Å². The summed E-state index contributed by atoms with van der Waals surface area (Å²) < 4.78 is 0. The van der Waals surface area contributed by atoms with E-state index in [9.17, 15) is 0 Å². The second-order valence-corrected chi connectivity index (χ2v) is 8.84. The fourth-order valence-electron chi connectivity index (χ4n) is 6.03. The Morgan fingerprint density at radius 2 is 1.76 bits per heavy atom. The van der Waals surface area contributed by atoms with Gasteiger partial charge < -0.3 is 5.73 Å². The third-order valence-corrected chi connectivity index (χ3v) is 7.34. The molecule has 1 nitrogen and oxygen atoms in total. The average Bonchev–Trinajstić information content (AvgIpc) is 2.40. The van der Waals surface area contributed by atoms with Crippen LogP contribution in [0.15, 0.2) is 18.2 Å². The van der Waals surface area contributed by atoms with E-state index in [-0.39, 0.29) is 0 Å². The molecule has 3 heteroatoms. The monoisotopic (exact) mass is 323 g/mol. The van der Waals surface area contributed by atoms with E-state index in [0.717, 1.165) is 11.8 Å². The molecule has 0 radical (unpaired) electrons. The van der Waals surface area contributed by atoms with Crippen molar-refractivity contribution in [2.75, 3.05) is 0 Å². The molecule has 1 aromatic rings. The van der Waals surface area contributed by atoms with Gasteiger partial charge in [0.1, 0.15) is 0 Å². The van der Waals surface area contributed by atoms with E-state index in [1.54, 1.807) is 0 Å². The van der Waals surface area contributed by atoms with E-state index in [0.29, 0.717) is 26.9 Å². The highest BCUT2D eigenvalue weighted by Crippen LogP contribution is 2.66. The van der Waals surface area contributed by atoms with E-state index < -0.39 is 0 Å². The molecule has 21 heavy (non-hydrogen) atoms. The molecule has 4 aliphatic rings. The standard InChI is InChI=1S/C18H23Cl2N/c1-11(21)17-6-12-4-13(7-17)9-18(8-12,10-17)14-2-3-15(19)16(20)5-14/h2-3,5,11-13H,4,6-10,21H2,1H3/t11-,12-,13-,17?,18?/m1/s1. The minimum atomic E-state index is 0.297. The molecule has 1 aromatic carbocycles. The predicted octanol–water partition coefficient (Wildman–Crippen LogP) is 5.18. The van der Waals surface area contributed by atoms with Crippen LogP contribution in [-0.2, 0) is 5.41 Å². The summed E-state index contributed by atoms with van der Waals surface area (Å²) in [5.74, 6) is 1.71. The van der Waals surface area contributed by atoms with E-state index in [1.165, 1.54) is 44.1 Å². The maximum Gasteiger partial charge on any atom is 0.0595 e. The van der Waals surface area contributed by atoms with Crippen LogP contribution in [-0.4, -0.2) is 6.04 Å². The van der Waals surface area contributed by atoms with Crippen molar-refractivity contribution in [1.82, 2.24) is 0 Å². The van der Waals surface area contributed by atoms with Crippen LogP contribution in [0.3, 0.4) is 0 Å². The van der Waals surface area contributed by atoms with Gasteiger partial charge in [0.2, 0.25) is 0 Å². The van der Waals surface area contributed by atoms with Crippen LogP contribution in [0.25, 0.3) is 0 Å². The van der Waals surface area contributed by atoms with Crippen LogP contribution in [0.5, 0.6) is 0 Å². The van der Waals surface area contributed by atoms with Crippen LogP contribution in [0, 0.1) is 17.3 Å². The van der Waals surface area contributed by atoms with Crippen molar-refractivity contribution in [3.63, 3.8) is 0 Å². The minimum absolute atomic E-state index is 0.297. The zero-order valence-electron chi connectivity index (χ0n) is 12.5. The first-order valence-electron chi connectivity index (χ1n) is 8.14. The molecule has 4 aliphatic carbocycles. The lowest BCUT2D eigenvalue weighted by molar-refractivity contribution is -0.0821. The fraction of sp³-hybridized carbons (Fsp3) is 0.667. The summed E-state index contributed by atoms with van der Waals surface area (Å²) in [5.41, 5.74) is 8.49. The van der Waals surface area contributed by atoms with E-state index in [1.807, 2.05) is 6.07 Å². The van der Waals surface area contributed by atoms with Crippen LogP contribution in [0.4, 0.5) is 0 Å². The Hall–Kier alpha value is -0.240. The Kier molecular flexibility index (Phi) is 3.17. The predicted molar refractivity (Wildman–Crippen MR) is 88.9 cm³/mol. The lowest BCUT2D eigenvalue weighted by Gasteiger charge is -2.64. The first kappa shape index (κ1) is 14.4. The molecule has 114 valence electrons. The van der Waals surface area contributed by atoms with Crippen LogP contribution in [0.2, 0.25) is 10.0 Å². The van der Waals surface area contributed by atoms with Crippen molar-refractivity contribution in [2.24, 2.45) is 23.0 Å². The molecule has 0 amide bonds. The van der Waals surface area contributed by atoms with Gasteiger partial charge in [0, 0.05) is 6.04 Å². The van der Waals surface area contributed by atoms with E-state index >= 15 is 0 Å². The average molecular weight is 324 g/mol. The van der Waals surface area contributed by atoms with Crippen molar-refractivity contribution in [1.29, 1.82) is 0 Å². The molecule has 5 rings (SSSR count). The third-order valence-electron chi connectivity index (χ3n) is 6.60. The number of hydrogen-bond donors (Lipinski definition) is 1. The molecule has 0 aromatic heterocycles. The van der Waals surface area contributed by atoms with Crippen molar-refractivity contribution in [2.45, 2.75) is 56.9 Å². The molecule has 4 bridgehead atoms. The molecule has 0 spiro atoms. The Morgan fingerprint density at radius 1 is 1.10 bits per heavy atom. The number of rotatable bonds is 2. The smallest absolute Gasteiger partial charge is 0.0595 e. The van der Waals surface area contributed by atoms with E-state index in [4.69, 9.17) is 28.9 Å². The largest absolute Gasteiger partial charge is 0.327 e. The molecule has 0 heterocycles. The summed E-state index contributed by atoms with van der Waals surface area (Å²) in [4.78, 5) is 0. The van der Waals surface area contributed by atoms with Gasteiger partial charge in [0.05, 0.1) is 10.0 Å². The lowest BCUT2D eigenvalue weighted by atomic mass is 9.41. The molecule has 0 aliphatic heterocycles. The zero-order valence-corrected chi connectivity index (χ0v) is 14.1. The highest BCUT2D eigenvalue weighted by molar-refractivity contribution is 6.42. The number of nitrogens with two attached hydrogens (primary N) is 1. The van der Waals surface area contributed by atoms with Gasteiger partial charge >= 0.3 is 0 Å². The molecular weight excluding hydrogens is 301 g/mol. The van der Waals surface area contributed by atoms with Crippen LogP contribution >= 0.6 is 23.2 Å². The Labute approximate surface area is 137 Å². The highest BCUT2D eigenvalue weighted by atomic mass is 35.5. The number of halogens is 2. The normalized spacial score (nSPS) is 42.3. The Balaban J connectivity index is 1.78. The van der Waals surface area contributed by atoms with E-state index in [2.05, 4.69) is 19.1 Å². The summed E-state index contributed by atoms with van der Waals surface area (Å²) in [5, 5.41) is 1.35. The second-order valence-electron chi connectivity index (χ2n) is 8.02. The van der Waals surface area contributed by atoms with Gasteiger partial charge in [-0.05, 0) is 85.8 Å². The summed E-state index contributed by atoms with van der Waals surface area (Å²) in [7, 11) is 0. The van der Waals surface area contributed by atoms with Crippen molar-refractivity contribution in [3.8, 4) is 0 Å². The van der Waals surface area contributed by atoms with Crippen molar-refractivity contribution < 1.29 is 0 Å². The summed E-state index contributed by atoms with van der Waals surface area (Å²) in [6, 6.07) is 6.59. The highest BCUT2D eigenvalue weighted by Gasteiger charge is 2.59. The summed E-state index contributed by atoms with van der Waals surface area (Å²) in [6.45, 7) is 2.22. The third kappa shape index (κ3) is 2.08. The summed E-state index contributed by atoms with van der Waals surface area (Å²) in [6.07, 6.45) is 7.96. The first-order chi connectivity index (χ1) is 9.92. The SMILES string of the molecule is C[C@@H](N)C12C[C@H]3C[C@@H](CC(c4ccc(Cl)c(Cl)c4)(C3)C1)C2. The van der Waals surface area contributed by atoms with Gasteiger partial charge in [-0.25, -0.2) is 0 Å². The van der Waals surface area contributed by atoms with Gasteiger partial charge in [-0.2, -0.15) is 0 Å². The van der Waals surface area contributed by atoms with Crippen molar-refractivity contribution >= 4 is 23.2 Å². The Morgan fingerprint density at radius 3 is 2.33 bits per heavy atom. The summed E-state index contributed by atoms with van der Waals surface area (Å²) >= 11 is 12.4. The number of hydrogen-bond acceptors (Lipinski definition) is 1. The lowest BCUT2D eigenvalue weighted by Crippen LogP contribution is -2.59. The molecule has 3 atom stereocenters. The second kappa shape index (κ2) is 4.63. The maximum atomic E-state index is 6.44. The zero-order chi connectivity index (χ0) is 14.8.